The fourth-order valence-electron chi connectivity index (χ4n) is 4.29. The number of rotatable bonds is 12. The molecule has 6 heteroatoms. The predicted octanol–water partition coefficient (Wildman–Crippen LogP) is 6.24. The van der Waals surface area contributed by atoms with Crippen LogP contribution in [0, 0.1) is 11.8 Å². The standard InChI is InChI=1S/C31H38N6/c1-7-24-9-13-26(14-10-24)20-36-30(17-22(3)4)32-28(34-36)19-29-33-31(18-23(5)6)37(35-29)21-27-15-11-25(8-2)12-16-27/h7-16,22-23H,1-2,17-21H2,3-6H3. The van der Waals surface area contributed by atoms with Crippen molar-refractivity contribution in [3.8, 4) is 0 Å². The predicted molar refractivity (Wildman–Crippen MR) is 151 cm³/mol. The van der Waals surface area contributed by atoms with Crippen LogP contribution in [0.25, 0.3) is 12.2 Å². The highest BCUT2D eigenvalue weighted by Crippen LogP contribution is 2.15. The van der Waals surface area contributed by atoms with Gasteiger partial charge in [-0.05, 0) is 34.1 Å². The number of hydrogen-bond donors (Lipinski definition) is 0. The van der Waals surface area contributed by atoms with Gasteiger partial charge in [0, 0.05) is 12.8 Å². The molecule has 37 heavy (non-hydrogen) atoms. The zero-order valence-corrected chi connectivity index (χ0v) is 22.6. The van der Waals surface area contributed by atoms with Gasteiger partial charge in [-0.2, -0.15) is 10.2 Å². The van der Waals surface area contributed by atoms with Crippen LogP contribution in [0.5, 0.6) is 0 Å². The van der Waals surface area contributed by atoms with Gasteiger partial charge in [0.15, 0.2) is 11.6 Å². The number of nitrogens with zero attached hydrogens (tertiary/aromatic N) is 6. The molecule has 192 valence electrons. The molecule has 0 spiro atoms. The van der Waals surface area contributed by atoms with E-state index < -0.39 is 0 Å². The molecule has 0 fully saturated rings. The Morgan fingerprint density at radius 1 is 0.649 bits per heavy atom. The van der Waals surface area contributed by atoms with Crippen LogP contribution in [-0.4, -0.2) is 29.5 Å². The third kappa shape index (κ3) is 7.13. The fraction of sp³-hybridized carbons (Fsp3) is 0.355. The third-order valence-electron chi connectivity index (χ3n) is 6.18. The molecule has 0 bridgehead atoms. The molecule has 0 aliphatic rings. The first kappa shape index (κ1) is 26.3. The van der Waals surface area contributed by atoms with E-state index in [1.54, 1.807) is 0 Å². The van der Waals surface area contributed by atoms with E-state index in [0.29, 0.717) is 31.3 Å². The van der Waals surface area contributed by atoms with E-state index >= 15 is 0 Å². The summed E-state index contributed by atoms with van der Waals surface area (Å²) < 4.78 is 4.07. The summed E-state index contributed by atoms with van der Waals surface area (Å²) in [5.74, 6) is 4.51. The van der Waals surface area contributed by atoms with Gasteiger partial charge in [-0.25, -0.2) is 19.3 Å². The Balaban J connectivity index is 1.57. The maximum Gasteiger partial charge on any atom is 0.158 e. The summed E-state index contributed by atoms with van der Waals surface area (Å²) in [4.78, 5) is 9.83. The Morgan fingerprint density at radius 3 is 1.35 bits per heavy atom. The molecular formula is C31H38N6. The van der Waals surface area contributed by atoms with Crippen molar-refractivity contribution >= 4 is 12.2 Å². The van der Waals surface area contributed by atoms with Gasteiger partial charge in [0.05, 0.1) is 19.5 Å². The summed E-state index contributed by atoms with van der Waals surface area (Å²) in [6, 6.07) is 16.8. The second-order valence-corrected chi connectivity index (χ2v) is 10.5. The van der Waals surface area contributed by atoms with Crippen molar-refractivity contribution in [2.75, 3.05) is 0 Å². The second kappa shape index (κ2) is 12.0. The first-order chi connectivity index (χ1) is 17.8. The molecule has 6 nitrogen and oxygen atoms in total. The summed E-state index contributed by atoms with van der Waals surface area (Å²) >= 11 is 0. The molecule has 2 aromatic heterocycles. The fourth-order valence-corrected chi connectivity index (χ4v) is 4.29. The van der Waals surface area contributed by atoms with Crippen LogP contribution >= 0.6 is 0 Å². The van der Waals surface area contributed by atoms with E-state index in [1.165, 1.54) is 11.1 Å². The van der Waals surface area contributed by atoms with Crippen LogP contribution in [0.3, 0.4) is 0 Å². The summed E-state index contributed by atoms with van der Waals surface area (Å²) in [5, 5.41) is 9.77. The smallest absolute Gasteiger partial charge is 0.158 e. The van der Waals surface area contributed by atoms with Gasteiger partial charge >= 0.3 is 0 Å². The topological polar surface area (TPSA) is 61.4 Å². The summed E-state index contributed by atoms with van der Waals surface area (Å²) in [6.07, 6.45) is 5.98. The lowest BCUT2D eigenvalue weighted by atomic mass is 10.1. The molecule has 2 aromatic carbocycles. The van der Waals surface area contributed by atoms with Crippen LogP contribution in [0.15, 0.2) is 61.7 Å². The average Bonchev–Trinajstić information content (AvgIpc) is 3.41. The molecule has 4 rings (SSSR count). The highest BCUT2D eigenvalue weighted by atomic mass is 15.4. The summed E-state index contributed by atoms with van der Waals surface area (Å²) in [5.41, 5.74) is 4.61. The van der Waals surface area contributed by atoms with E-state index in [4.69, 9.17) is 20.2 Å². The highest BCUT2D eigenvalue weighted by molar-refractivity contribution is 5.47. The van der Waals surface area contributed by atoms with Gasteiger partial charge in [-0.3, -0.25) is 0 Å². The van der Waals surface area contributed by atoms with Crippen molar-refractivity contribution in [1.82, 2.24) is 29.5 Å². The first-order valence-corrected chi connectivity index (χ1v) is 13.1. The molecule has 0 N–H and O–H groups in total. The zero-order chi connectivity index (χ0) is 26.4. The molecule has 0 aliphatic heterocycles. The molecule has 0 radical (unpaired) electrons. The molecule has 0 atom stereocenters. The van der Waals surface area contributed by atoms with Crippen molar-refractivity contribution in [3.63, 3.8) is 0 Å². The van der Waals surface area contributed by atoms with E-state index in [-0.39, 0.29) is 0 Å². The Morgan fingerprint density at radius 2 is 1.03 bits per heavy atom. The molecule has 0 aliphatic carbocycles. The van der Waals surface area contributed by atoms with Gasteiger partial charge in [-0.15, -0.1) is 0 Å². The Hall–Kier alpha value is -3.80. The molecule has 4 aromatic rings. The second-order valence-electron chi connectivity index (χ2n) is 10.5. The van der Waals surface area contributed by atoms with Crippen LogP contribution in [0.1, 0.15) is 73.2 Å². The lowest BCUT2D eigenvalue weighted by Crippen LogP contribution is -2.09. The van der Waals surface area contributed by atoms with Crippen molar-refractivity contribution in [3.05, 3.63) is 107 Å². The lowest BCUT2D eigenvalue weighted by Gasteiger charge is -2.08. The Kier molecular flexibility index (Phi) is 8.49. The molecule has 2 heterocycles. The summed E-state index contributed by atoms with van der Waals surface area (Å²) in [6.45, 7) is 17.9. The maximum atomic E-state index is 4.92. The number of hydrogen-bond acceptors (Lipinski definition) is 4. The van der Waals surface area contributed by atoms with E-state index in [2.05, 4.69) is 89.4 Å². The van der Waals surface area contributed by atoms with Crippen LogP contribution in [0.4, 0.5) is 0 Å². The zero-order valence-electron chi connectivity index (χ0n) is 22.6. The monoisotopic (exact) mass is 494 g/mol. The quantitative estimate of drug-likeness (QED) is 0.234. The minimum Gasteiger partial charge on any atom is -0.245 e. The molecule has 0 saturated heterocycles. The van der Waals surface area contributed by atoms with Gasteiger partial charge in [0.1, 0.15) is 11.6 Å². The van der Waals surface area contributed by atoms with E-state index in [9.17, 15) is 0 Å². The van der Waals surface area contributed by atoms with Gasteiger partial charge in [-0.1, -0.05) is 102 Å². The minimum absolute atomic E-state index is 0.487. The maximum absolute atomic E-state index is 4.92. The van der Waals surface area contributed by atoms with Crippen LogP contribution in [0.2, 0.25) is 0 Å². The average molecular weight is 495 g/mol. The highest BCUT2D eigenvalue weighted by Gasteiger charge is 2.17. The van der Waals surface area contributed by atoms with Gasteiger partial charge in [0.25, 0.3) is 0 Å². The van der Waals surface area contributed by atoms with Crippen molar-refractivity contribution in [1.29, 1.82) is 0 Å². The van der Waals surface area contributed by atoms with E-state index in [0.717, 1.165) is 47.3 Å². The molecule has 0 unspecified atom stereocenters. The largest absolute Gasteiger partial charge is 0.245 e. The van der Waals surface area contributed by atoms with E-state index in [1.807, 2.05) is 21.5 Å². The number of benzene rings is 2. The lowest BCUT2D eigenvalue weighted by molar-refractivity contribution is 0.561. The first-order valence-electron chi connectivity index (χ1n) is 13.1. The van der Waals surface area contributed by atoms with Gasteiger partial charge < -0.3 is 0 Å². The molecule has 0 saturated carbocycles. The third-order valence-corrected chi connectivity index (χ3v) is 6.18. The Labute approximate surface area is 220 Å². The van der Waals surface area contributed by atoms with Gasteiger partial charge in [0.2, 0.25) is 0 Å². The normalized spacial score (nSPS) is 11.4. The SMILES string of the molecule is C=Cc1ccc(Cn2nc(Cc3nc(CC(C)C)n(Cc4ccc(C=C)cc4)n3)nc2CC(C)C)cc1. The number of aromatic nitrogens is 6. The van der Waals surface area contributed by atoms with Crippen LogP contribution < -0.4 is 0 Å². The van der Waals surface area contributed by atoms with Crippen molar-refractivity contribution in [2.45, 2.75) is 60.0 Å². The minimum atomic E-state index is 0.487. The van der Waals surface area contributed by atoms with Crippen LogP contribution in [-0.2, 0) is 32.4 Å². The van der Waals surface area contributed by atoms with Crippen molar-refractivity contribution in [2.24, 2.45) is 11.8 Å². The Bertz CT molecular complexity index is 1220. The molecular weight excluding hydrogens is 456 g/mol. The molecule has 0 amide bonds. The van der Waals surface area contributed by atoms with Crippen molar-refractivity contribution < 1.29 is 0 Å². The summed E-state index contributed by atoms with van der Waals surface area (Å²) in [7, 11) is 0.